The molecule has 0 aliphatic rings. The van der Waals surface area contributed by atoms with E-state index in [2.05, 4.69) is 37.9 Å². The van der Waals surface area contributed by atoms with Crippen LogP contribution in [0.15, 0.2) is 0 Å². The lowest BCUT2D eigenvalue weighted by Gasteiger charge is -2.34. The fourth-order valence-corrected chi connectivity index (χ4v) is 1.77. The van der Waals surface area contributed by atoms with Crippen molar-refractivity contribution in [1.82, 2.24) is 10.2 Å². The molecule has 0 saturated carbocycles. The predicted octanol–water partition coefficient (Wildman–Crippen LogP) is 1.48. The largest absolute Gasteiger partial charge is 0.480 e. The van der Waals surface area contributed by atoms with E-state index in [1.807, 2.05) is 0 Å². The fraction of sp³-hybridized carbons (Fsp3) is 0.846. The number of amides is 1. The molecular weight excluding hydrogens is 232 g/mol. The summed E-state index contributed by atoms with van der Waals surface area (Å²) < 4.78 is 0. The van der Waals surface area contributed by atoms with Crippen LogP contribution in [0.3, 0.4) is 0 Å². The molecule has 0 heterocycles. The molecule has 0 aliphatic heterocycles. The first-order valence-electron chi connectivity index (χ1n) is 6.45. The van der Waals surface area contributed by atoms with E-state index < -0.39 is 12.0 Å². The Balaban J connectivity index is 3.97. The Hall–Kier alpha value is -1.10. The number of carbonyl (C=O) groups is 2. The molecule has 0 fully saturated rings. The molecule has 5 heteroatoms. The highest BCUT2D eigenvalue weighted by atomic mass is 16.4. The van der Waals surface area contributed by atoms with E-state index in [0.29, 0.717) is 6.42 Å². The van der Waals surface area contributed by atoms with Gasteiger partial charge in [-0.3, -0.25) is 14.5 Å². The van der Waals surface area contributed by atoms with Crippen molar-refractivity contribution in [3.05, 3.63) is 0 Å². The standard InChI is InChI=1S/C13H26N2O3/c1-6-15(13(3,4)5)9-7-8-11(16)14-10(2)12(17)18/h10H,6-9H2,1-5H3,(H,14,16)(H,17,18). The molecule has 0 spiro atoms. The van der Waals surface area contributed by atoms with Crippen LogP contribution in [0.1, 0.15) is 47.5 Å². The quantitative estimate of drug-likeness (QED) is 0.725. The SMILES string of the molecule is CCN(CCCC(=O)NC(C)C(=O)O)C(C)(C)C. The second-order valence-electron chi connectivity index (χ2n) is 5.48. The van der Waals surface area contributed by atoms with E-state index in [1.54, 1.807) is 0 Å². The molecule has 1 atom stereocenters. The van der Waals surface area contributed by atoms with E-state index in [1.165, 1.54) is 6.92 Å². The normalized spacial score (nSPS) is 13.4. The second kappa shape index (κ2) is 7.36. The third-order valence-corrected chi connectivity index (χ3v) is 2.91. The number of nitrogens with one attached hydrogen (secondary N) is 1. The number of carboxylic acid groups (broad SMARTS) is 1. The summed E-state index contributed by atoms with van der Waals surface area (Å²) in [7, 11) is 0. The van der Waals surface area contributed by atoms with Crippen LogP contribution in [0.5, 0.6) is 0 Å². The Morgan fingerprint density at radius 1 is 1.33 bits per heavy atom. The van der Waals surface area contributed by atoms with E-state index in [-0.39, 0.29) is 11.4 Å². The fourth-order valence-electron chi connectivity index (χ4n) is 1.77. The molecule has 0 bridgehead atoms. The molecule has 1 amide bonds. The summed E-state index contributed by atoms with van der Waals surface area (Å²) in [6.45, 7) is 11.8. The summed E-state index contributed by atoms with van der Waals surface area (Å²) in [6, 6.07) is -0.817. The van der Waals surface area contributed by atoms with Crippen molar-refractivity contribution in [2.75, 3.05) is 13.1 Å². The minimum Gasteiger partial charge on any atom is -0.480 e. The van der Waals surface area contributed by atoms with E-state index in [0.717, 1.165) is 19.5 Å². The summed E-state index contributed by atoms with van der Waals surface area (Å²) in [6.07, 6.45) is 1.10. The van der Waals surface area contributed by atoms with Gasteiger partial charge in [0.15, 0.2) is 0 Å². The van der Waals surface area contributed by atoms with Crippen LogP contribution in [-0.4, -0.2) is 46.6 Å². The van der Waals surface area contributed by atoms with Crippen LogP contribution in [0.4, 0.5) is 0 Å². The van der Waals surface area contributed by atoms with Crippen molar-refractivity contribution >= 4 is 11.9 Å². The Morgan fingerprint density at radius 3 is 2.28 bits per heavy atom. The van der Waals surface area contributed by atoms with Gasteiger partial charge in [0.25, 0.3) is 0 Å². The van der Waals surface area contributed by atoms with Crippen molar-refractivity contribution in [2.45, 2.75) is 59.0 Å². The Bertz CT molecular complexity index is 284. The highest BCUT2D eigenvalue weighted by Gasteiger charge is 2.19. The zero-order valence-corrected chi connectivity index (χ0v) is 12.1. The monoisotopic (exact) mass is 258 g/mol. The number of hydrogen-bond acceptors (Lipinski definition) is 3. The highest BCUT2D eigenvalue weighted by molar-refractivity contribution is 5.83. The summed E-state index contributed by atoms with van der Waals surface area (Å²) in [5, 5.41) is 11.1. The number of carboxylic acids is 1. The number of rotatable bonds is 7. The highest BCUT2D eigenvalue weighted by Crippen LogP contribution is 2.13. The molecule has 0 radical (unpaired) electrons. The summed E-state index contributed by atoms with van der Waals surface area (Å²) in [5.74, 6) is -1.21. The van der Waals surface area contributed by atoms with Crippen LogP contribution in [0.2, 0.25) is 0 Å². The zero-order valence-electron chi connectivity index (χ0n) is 12.1. The van der Waals surface area contributed by atoms with Crippen molar-refractivity contribution in [1.29, 1.82) is 0 Å². The van der Waals surface area contributed by atoms with Gasteiger partial charge in [-0.25, -0.2) is 0 Å². The average Bonchev–Trinajstić information content (AvgIpc) is 2.22. The summed E-state index contributed by atoms with van der Waals surface area (Å²) >= 11 is 0. The minimum absolute atomic E-state index is 0.0968. The van der Waals surface area contributed by atoms with E-state index >= 15 is 0 Å². The summed E-state index contributed by atoms with van der Waals surface area (Å²) in [5.41, 5.74) is 0.0968. The van der Waals surface area contributed by atoms with Gasteiger partial charge in [-0.15, -0.1) is 0 Å². The third-order valence-electron chi connectivity index (χ3n) is 2.91. The minimum atomic E-state index is -1.01. The van der Waals surface area contributed by atoms with Crippen molar-refractivity contribution < 1.29 is 14.7 Å². The van der Waals surface area contributed by atoms with Gasteiger partial charge in [0, 0.05) is 12.0 Å². The summed E-state index contributed by atoms with van der Waals surface area (Å²) in [4.78, 5) is 24.3. The predicted molar refractivity (Wildman–Crippen MR) is 71.5 cm³/mol. The molecule has 0 rings (SSSR count). The van der Waals surface area contributed by atoms with Gasteiger partial charge >= 0.3 is 5.97 Å². The maximum Gasteiger partial charge on any atom is 0.325 e. The first-order chi connectivity index (χ1) is 8.18. The second-order valence-corrected chi connectivity index (χ2v) is 5.48. The first-order valence-corrected chi connectivity index (χ1v) is 6.45. The van der Waals surface area contributed by atoms with Gasteiger partial charge in [-0.2, -0.15) is 0 Å². The molecule has 1 unspecified atom stereocenters. The maximum absolute atomic E-state index is 11.5. The molecule has 0 aliphatic carbocycles. The maximum atomic E-state index is 11.5. The number of hydrogen-bond donors (Lipinski definition) is 2. The number of nitrogens with zero attached hydrogens (tertiary/aromatic N) is 1. The number of aliphatic carboxylic acids is 1. The van der Waals surface area contributed by atoms with Gasteiger partial charge < -0.3 is 10.4 Å². The van der Waals surface area contributed by atoms with Crippen molar-refractivity contribution in [2.24, 2.45) is 0 Å². The van der Waals surface area contributed by atoms with Gasteiger partial charge in [0.05, 0.1) is 0 Å². The Kier molecular flexibility index (Phi) is 6.91. The molecule has 0 saturated heterocycles. The molecule has 18 heavy (non-hydrogen) atoms. The van der Waals surface area contributed by atoms with Gasteiger partial charge in [-0.1, -0.05) is 6.92 Å². The zero-order chi connectivity index (χ0) is 14.3. The lowest BCUT2D eigenvalue weighted by atomic mass is 10.1. The molecule has 0 aromatic heterocycles. The van der Waals surface area contributed by atoms with Gasteiger partial charge in [0.2, 0.25) is 5.91 Å². The van der Waals surface area contributed by atoms with Crippen LogP contribution >= 0.6 is 0 Å². The molecule has 106 valence electrons. The van der Waals surface area contributed by atoms with E-state index in [4.69, 9.17) is 5.11 Å². The van der Waals surface area contributed by atoms with Crippen LogP contribution in [0, 0.1) is 0 Å². The van der Waals surface area contributed by atoms with Crippen molar-refractivity contribution in [3.8, 4) is 0 Å². The van der Waals surface area contributed by atoms with Crippen LogP contribution < -0.4 is 5.32 Å². The topological polar surface area (TPSA) is 69.6 Å². The number of carbonyl (C=O) groups excluding carboxylic acids is 1. The molecule has 0 aromatic carbocycles. The van der Waals surface area contributed by atoms with Crippen LogP contribution in [0.25, 0.3) is 0 Å². The average molecular weight is 258 g/mol. The molecule has 5 nitrogen and oxygen atoms in total. The van der Waals surface area contributed by atoms with Crippen LogP contribution in [-0.2, 0) is 9.59 Å². The Morgan fingerprint density at radius 2 is 1.89 bits per heavy atom. The third kappa shape index (κ3) is 6.59. The van der Waals surface area contributed by atoms with E-state index in [9.17, 15) is 9.59 Å². The molecular formula is C13H26N2O3. The lowest BCUT2D eigenvalue weighted by molar-refractivity contribution is -0.141. The molecule has 0 aromatic rings. The van der Waals surface area contributed by atoms with Gasteiger partial charge in [0.1, 0.15) is 6.04 Å². The molecule has 2 N–H and O–H groups in total. The smallest absolute Gasteiger partial charge is 0.325 e. The Labute approximate surface area is 110 Å². The first kappa shape index (κ1) is 16.9. The lowest BCUT2D eigenvalue weighted by Crippen LogP contribution is -2.42. The van der Waals surface area contributed by atoms with Gasteiger partial charge in [-0.05, 0) is 47.2 Å². The van der Waals surface area contributed by atoms with Crippen molar-refractivity contribution in [3.63, 3.8) is 0 Å².